The molecule has 0 aliphatic heterocycles. The van der Waals surface area contributed by atoms with Crippen molar-refractivity contribution in [3.63, 3.8) is 0 Å². The summed E-state index contributed by atoms with van der Waals surface area (Å²) in [4.78, 5) is 12.7. The lowest BCUT2D eigenvalue weighted by atomic mass is 10.4. The third kappa shape index (κ3) is 5.42. The summed E-state index contributed by atoms with van der Waals surface area (Å²) in [6.45, 7) is 9.21. The number of rotatable bonds is 7. The molecule has 0 aromatic heterocycles. The predicted octanol–water partition coefficient (Wildman–Crippen LogP) is 1.80. The maximum atomic E-state index is 11.1. The van der Waals surface area contributed by atoms with E-state index < -0.39 is 0 Å². The molecule has 1 amide bonds. The summed E-state index contributed by atoms with van der Waals surface area (Å²) in [6, 6.07) is 0. The average Bonchev–Trinajstić information content (AvgIpc) is 2.17. The van der Waals surface area contributed by atoms with Crippen LogP contribution in [-0.4, -0.2) is 30.7 Å². The molecule has 0 aromatic carbocycles. The zero-order valence-corrected chi connectivity index (χ0v) is 8.58. The minimum Gasteiger partial charge on any atom is -0.361 e. The lowest BCUT2D eigenvalue weighted by molar-refractivity contribution is -0.131. The van der Waals surface area contributed by atoms with E-state index in [1.54, 1.807) is 4.90 Å². The number of carbonyl (C=O) groups excluding carboxylic acids is 1. The molecule has 0 N–H and O–H groups in total. The van der Waals surface area contributed by atoms with Gasteiger partial charge in [0, 0.05) is 13.2 Å². The zero-order chi connectivity index (χ0) is 10.1. The molecule has 3 nitrogen and oxygen atoms in total. The second kappa shape index (κ2) is 7.80. The van der Waals surface area contributed by atoms with E-state index in [-0.39, 0.29) is 5.91 Å². The lowest BCUT2D eigenvalue weighted by Crippen LogP contribution is -2.31. The van der Waals surface area contributed by atoms with Crippen LogP contribution in [0.1, 0.15) is 26.7 Å². The molecule has 13 heavy (non-hydrogen) atoms. The first-order valence-corrected chi connectivity index (χ1v) is 4.75. The molecule has 0 bridgehead atoms. The van der Waals surface area contributed by atoms with Crippen molar-refractivity contribution in [3.8, 4) is 0 Å². The van der Waals surface area contributed by atoms with Crippen LogP contribution in [0.25, 0.3) is 0 Å². The van der Waals surface area contributed by atoms with Crippen LogP contribution < -0.4 is 0 Å². The molecule has 0 aliphatic rings. The van der Waals surface area contributed by atoms with Gasteiger partial charge >= 0.3 is 0 Å². The Morgan fingerprint density at radius 3 is 2.69 bits per heavy atom. The number of nitrogens with zero attached hydrogens (tertiary/aromatic N) is 1. The molecule has 76 valence electrons. The molecule has 0 atom stereocenters. The predicted molar refractivity (Wildman–Crippen MR) is 53.3 cm³/mol. The quantitative estimate of drug-likeness (QED) is 0.344. The highest BCUT2D eigenvalue weighted by Crippen LogP contribution is 1.93. The molecule has 0 heterocycles. The fraction of sp³-hybridized carbons (Fsp3) is 0.700. The number of ether oxygens (including phenoxy) is 1. The van der Waals surface area contributed by atoms with E-state index in [2.05, 4.69) is 13.5 Å². The summed E-state index contributed by atoms with van der Waals surface area (Å²) >= 11 is 0. The normalized spacial score (nSPS) is 9.69. The third-order valence-corrected chi connectivity index (χ3v) is 1.76. The second-order valence-corrected chi connectivity index (χ2v) is 2.79. The molecule has 0 radical (unpaired) electrons. The molecular weight excluding hydrogens is 166 g/mol. The smallest absolute Gasteiger partial charge is 0.247 e. The van der Waals surface area contributed by atoms with Gasteiger partial charge in [-0.2, -0.15) is 0 Å². The number of carbonyl (C=O) groups is 1. The van der Waals surface area contributed by atoms with Gasteiger partial charge in [0.05, 0.1) is 0 Å². The van der Waals surface area contributed by atoms with Crippen molar-refractivity contribution >= 4 is 5.91 Å². The van der Waals surface area contributed by atoms with Crippen molar-refractivity contribution in [2.24, 2.45) is 0 Å². The van der Waals surface area contributed by atoms with Crippen molar-refractivity contribution < 1.29 is 9.53 Å². The number of hydrogen-bond acceptors (Lipinski definition) is 2. The molecule has 0 unspecified atom stereocenters. The molecule has 0 aromatic rings. The van der Waals surface area contributed by atoms with Crippen molar-refractivity contribution in [2.45, 2.75) is 26.7 Å². The first kappa shape index (κ1) is 12.2. The molecule has 0 saturated carbocycles. The van der Waals surface area contributed by atoms with Crippen LogP contribution in [0.2, 0.25) is 0 Å². The van der Waals surface area contributed by atoms with Gasteiger partial charge in [-0.1, -0.05) is 19.9 Å². The zero-order valence-electron chi connectivity index (χ0n) is 8.58. The first-order valence-electron chi connectivity index (χ1n) is 4.75. The summed E-state index contributed by atoms with van der Waals surface area (Å²) in [5.41, 5.74) is 0. The van der Waals surface area contributed by atoms with Crippen LogP contribution in [0.15, 0.2) is 12.7 Å². The van der Waals surface area contributed by atoms with Gasteiger partial charge in [0.2, 0.25) is 5.91 Å². The van der Waals surface area contributed by atoms with Gasteiger partial charge in [-0.25, -0.2) is 0 Å². The minimum absolute atomic E-state index is 0.0704. The maximum Gasteiger partial charge on any atom is 0.247 e. The standard InChI is InChI=1S/C10H19NO2/c1-4-7-8-13-9-11(6-3)10(12)5-2/h5H,2,4,6-9H2,1,3H3. The van der Waals surface area contributed by atoms with E-state index in [0.717, 1.165) is 19.4 Å². The first-order chi connectivity index (χ1) is 6.26. The summed E-state index contributed by atoms with van der Waals surface area (Å²) < 4.78 is 5.31. The van der Waals surface area contributed by atoms with E-state index in [4.69, 9.17) is 4.74 Å². The highest BCUT2D eigenvalue weighted by Gasteiger charge is 2.06. The molecular formula is C10H19NO2. The molecule has 0 saturated heterocycles. The Morgan fingerprint density at radius 1 is 1.54 bits per heavy atom. The fourth-order valence-corrected chi connectivity index (χ4v) is 0.861. The summed E-state index contributed by atoms with van der Waals surface area (Å²) in [5, 5.41) is 0. The molecule has 3 heteroatoms. The van der Waals surface area contributed by atoms with Gasteiger partial charge in [0.15, 0.2) is 0 Å². The Labute approximate surface area is 80.4 Å². The number of hydrogen-bond donors (Lipinski definition) is 0. The lowest BCUT2D eigenvalue weighted by Gasteiger charge is -2.18. The Kier molecular flexibility index (Phi) is 7.30. The van der Waals surface area contributed by atoms with Crippen LogP contribution in [-0.2, 0) is 9.53 Å². The Balaban J connectivity index is 3.59. The van der Waals surface area contributed by atoms with Gasteiger partial charge in [-0.15, -0.1) is 0 Å². The van der Waals surface area contributed by atoms with Crippen LogP contribution in [0, 0.1) is 0 Å². The van der Waals surface area contributed by atoms with E-state index in [1.165, 1.54) is 6.08 Å². The maximum absolute atomic E-state index is 11.1. The van der Waals surface area contributed by atoms with Gasteiger partial charge in [-0.05, 0) is 19.4 Å². The van der Waals surface area contributed by atoms with Crippen LogP contribution in [0.4, 0.5) is 0 Å². The summed E-state index contributed by atoms with van der Waals surface area (Å²) in [7, 11) is 0. The minimum atomic E-state index is -0.0704. The van der Waals surface area contributed by atoms with E-state index >= 15 is 0 Å². The SMILES string of the molecule is C=CC(=O)N(CC)COCCCC. The highest BCUT2D eigenvalue weighted by molar-refractivity contribution is 5.86. The van der Waals surface area contributed by atoms with Crippen molar-refractivity contribution in [3.05, 3.63) is 12.7 Å². The topological polar surface area (TPSA) is 29.5 Å². The van der Waals surface area contributed by atoms with Gasteiger partial charge in [0.25, 0.3) is 0 Å². The van der Waals surface area contributed by atoms with Crippen LogP contribution in [0.3, 0.4) is 0 Å². The van der Waals surface area contributed by atoms with E-state index in [0.29, 0.717) is 13.3 Å². The monoisotopic (exact) mass is 185 g/mol. The molecule has 0 rings (SSSR count). The van der Waals surface area contributed by atoms with Crippen LogP contribution >= 0.6 is 0 Å². The number of amides is 1. The molecule has 0 spiro atoms. The van der Waals surface area contributed by atoms with Crippen LogP contribution in [0.5, 0.6) is 0 Å². The fourth-order valence-electron chi connectivity index (χ4n) is 0.861. The van der Waals surface area contributed by atoms with Gasteiger partial charge in [-0.3, -0.25) is 4.79 Å². The van der Waals surface area contributed by atoms with E-state index in [1.807, 2.05) is 6.92 Å². The van der Waals surface area contributed by atoms with E-state index in [9.17, 15) is 4.79 Å². The number of likely N-dealkylation sites (N-methyl/N-ethyl adjacent to an activating group) is 1. The number of unbranched alkanes of at least 4 members (excludes halogenated alkanes) is 1. The average molecular weight is 185 g/mol. The Hall–Kier alpha value is -0.830. The second-order valence-electron chi connectivity index (χ2n) is 2.79. The Morgan fingerprint density at radius 2 is 2.23 bits per heavy atom. The van der Waals surface area contributed by atoms with Crippen molar-refractivity contribution in [2.75, 3.05) is 19.9 Å². The third-order valence-electron chi connectivity index (χ3n) is 1.76. The largest absolute Gasteiger partial charge is 0.361 e. The summed E-state index contributed by atoms with van der Waals surface area (Å²) in [5.74, 6) is -0.0704. The highest BCUT2D eigenvalue weighted by atomic mass is 16.5. The molecule has 0 fully saturated rings. The van der Waals surface area contributed by atoms with Gasteiger partial charge < -0.3 is 9.64 Å². The van der Waals surface area contributed by atoms with Crippen molar-refractivity contribution in [1.29, 1.82) is 0 Å². The van der Waals surface area contributed by atoms with Gasteiger partial charge in [0.1, 0.15) is 6.73 Å². The van der Waals surface area contributed by atoms with Crippen molar-refractivity contribution in [1.82, 2.24) is 4.90 Å². The molecule has 0 aliphatic carbocycles. The summed E-state index contributed by atoms with van der Waals surface area (Å²) in [6.07, 6.45) is 3.47. The Bertz CT molecular complexity index is 157.